The van der Waals surface area contributed by atoms with E-state index in [-0.39, 0.29) is 13.2 Å². The maximum Gasteiger partial charge on any atom is 0.414 e. The highest BCUT2D eigenvalue weighted by Gasteiger charge is 2.32. The molecule has 1 amide bonds. The highest BCUT2D eigenvalue weighted by molar-refractivity contribution is 5.89. The number of carbonyl (C=O) groups is 1. The van der Waals surface area contributed by atoms with Crippen molar-refractivity contribution in [1.29, 1.82) is 0 Å². The number of cyclic esters (lactones) is 1. The van der Waals surface area contributed by atoms with Gasteiger partial charge < -0.3 is 14.4 Å². The van der Waals surface area contributed by atoms with E-state index in [0.717, 1.165) is 5.69 Å². The minimum absolute atomic E-state index is 0.207. The summed E-state index contributed by atoms with van der Waals surface area (Å²) in [5, 5.41) is 9.01. The van der Waals surface area contributed by atoms with Gasteiger partial charge in [0.15, 0.2) is 0 Å². The number of carbonyl (C=O) groups excluding carboxylic acids is 1. The highest BCUT2D eigenvalue weighted by Crippen LogP contribution is 2.25. The number of nitrogens with zero attached hydrogens (tertiary/aromatic N) is 3. The molecule has 1 atom stereocenters. The lowest BCUT2D eigenvalue weighted by molar-refractivity contribution is 0.0963. The van der Waals surface area contributed by atoms with Gasteiger partial charge >= 0.3 is 6.09 Å². The standard InChI is InChI=1S/C14H14FN3O3/c1-9-5-17(8-16-9)13-3-2-10(4-12(13)15)18-6-11(7-19)21-14(18)20/h2-5,8,11,19H,6-7H2,1H3/t11-/m1/s1. The van der Waals surface area contributed by atoms with Gasteiger partial charge in [-0.25, -0.2) is 14.2 Å². The summed E-state index contributed by atoms with van der Waals surface area (Å²) in [6.07, 6.45) is 2.08. The van der Waals surface area contributed by atoms with Crippen LogP contribution in [0.4, 0.5) is 14.9 Å². The first-order valence-electron chi connectivity index (χ1n) is 6.48. The fourth-order valence-corrected chi connectivity index (χ4v) is 2.25. The summed E-state index contributed by atoms with van der Waals surface area (Å²) in [6.45, 7) is 1.77. The zero-order valence-electron chi connectivity index (χ0n) is 11.4. The molecule has 1 aliphatic heterocycles. The van der Waals surface area contributed by atoms with E-state index in [9.17, 15) is 9.18 Å². The second-order valence-corrected chi connectivity index (χ2v) is 4.86. The van der Waals surface area contributed by atoms with Crippen LogP contribution >= 0.6 is 0 Å². The van der Waals surface area contributed by atoms with E-state index < -0.39 is 18.0 Å². The molecule has 2 aromatic rings. The van der Waals surface area contributed by atoms with E-state index >= 15 is 0 Å². The van der Waals surface area contributed by atoms with Crippen LogP contribution in [-0.4, -0.2) is 40.0 Å². The Morgan fingerprint density at radius 3 is 2.90 bits per heavy atom. The predicted octanol–water partition coefficient (Wildman–Crippen LogP) is 1.64. The molecular formula is C14H14FN3O3. The van der Waals surface area contributed by atoms with Crippen LogP contribution in [0, 0.1) is 12.7 Å². The maximum atomic E-state index is 14.2. The number of amides is 1. The molecule has 1 saturated heterocycles. The van der Waals surface area contributed by atoms with Crippen molar-refractivity contribution in [2.24, 2.45) is 0 Å². The SMILES string of the molecule is Cc1cn(-c2ccc(N3C[C@H](CO)OC3=O)cc2F)cn1. The lowest BCUT2D eigenvalue weighted by Gasteiger charge is -2.14. The van der Waals surface area contributed by atoms with Crippen LogP contribution in [0.3, 0.4) is 0 Å². The lowest BCUT2D eigenvalue weighted by Crippen LogP contribution is -2.25. The number of benzene rings is 1. The van der Waals surface area contributed by atoms with Crippen molar-refractivity contribution in [3.05, 3.63) is 42.2 Å². The van der Waals surface area contributed by atoms with E-state index in [4.69, 9.17) is 9.84 Å². The van der Waals surface area contributed by atoms with Crippen molar-refractivity contribution in [2.45, 2.75) is 13.0 Å². The summed E-state index contributed by atoms with van der Waals surface area (Å²) >= 11 is 0. The molecule has 0 bridgehead atoms. The fraction of sp³-hybridized carbons (Fsp3) is 0.286. The molecule has 2 heterocycles. The molecule has 6 nitrogen and oxygen atoms in total. The topological polar surface area (TPSA) is 67.6 Å². The van der Waals surface area contributed by atoms with Crippen LogP contribution in [0.5, 0.6) is 0 Å². The Morgan fingerprint density at radius 1 is 1.52 bits per heavy atom. The molecular weight excluding hydrogens is 277 g/mol. The smallest absolute Gasteiger partial charge is 0.414 e. The Kier molecular flexibility index (Phi) is 3.34. The zero-order chi connectivity index (χ0) is 15.0. The Morgan fingerprint density at radius 2 is 2.33 bits per heavy atom. The number of hydrogen-bond acceptors (Lipinski definition) is 4. The number of ether oxygens (including phenoxy) is 1. The molecule has 1 fully saturated rings. The van der Waals surface area contributed by atoms with Crippen LogP contribution in [-0.2, 0) is 4.74 Å². The van der Waals surface area contributed by atoms with Crippen molar-refractivity contribution in [2.75, 3.05) is 18.1 Å². The van der Waals surface area contributed by atoms with Crippen molar-refractivity contribution in [3.63, 3.8) is 0 Å². The Bertz CT molecular complexity index is 686. The van der Waals surface area contributed by atoms with Gasteiger partial charge in [-0.2, -0.15) is 0 Å². The first kappa shape index (κ1) is 13.6. The molecule has 0 spiro atoms. The number of aliphatic hydroxyl groups excluding tert-OH is 1. The summed E-state index contributed by atoms with van der Waals surface area (Å²) in [5.74, 6) is -0.467. The number of imidazole rings is 1. The van der Waals surface area contributed by atoms with Gasteiger partial charge in [0.25, 0.3) is 0 Å². The number of aliphatic hydroxyl groups is 1. The third kappa shape index (κ3) is 2.47. The number of rotatable bonds is 3. The molecule has 21 heavy (non-hydrogen) atoms. The van der Waals surface area contributed by atoms with Crippen molar-refractivity contribution in [3.8, 4) is 5.69 Å². The molecule has 0 unspecified atom stereocenters. The number of halogens is 1. The minimum atomic E-state index is -0.584. The first-order valence-corrected chi connectivity index (χ1v) is 6.48. The van der Waals surface area contributed by atoms with Crippen molar-refractivity contribution < 1.29 is 19.0 Å². The summed E-state index contributed by atoms with van der Waals surface area (Å²) in [7, 11) is 0. The van der Waals surface area contributed by atoms with Gasteiger partial charge in [0.2, 0.25) is 0 Å². The molecule has 0 radical (unpaired) electrons. The molecule has 1 aromatic carbocycles. The molecule has 1 N–H and O–H groups in total. The average molecular weight is 291 g/mol. The van der Waals surface area contributed by atoms with Gasteiger partial charge in [0, 0.05) is 6.20 Å². The van der Waals surface area contributed by atoms with Gasteiger partial charge in [0.05, 0.1) is 36.5 Å². The van der Waals surface area contributed by atoms with Gasteiger partial charge in [-0.05, 0) is 25.1 Å². The molecule has 7 heteroatoms. The van der Waals surface area contributed by atoms with Crippen LogP contribution in [0.25, 0.3) is 5.69 Å². The lowest BCUT2D eigenvalue weighted by atomic mass is 10.2. The van der Waals surface area contributed by atoms with E-state index in [1.807, 2.05) is 6.92 Å². The monoisotopic (exact) mass is 291 g/mol. The third-order valence-electron chi connectivity index (χ3n) is 3.31. The van der Waals surface area contributed by atoms with Crippen LogP contribution in [0.15, 0.2) is 30.7 Å². The average Bonchev–Trinajstić information content (AvgIpc) is 3.04. The maximum absolute atomic E-state index is 14.2. The summed E-state index contributed by atoms with van der Waals surface area (Å²) < 4.78 is 20.7. The first-order chi connectivity index (χ1) is 10.1. The predicted molar refractivity (Wildman–Crippen MR) is 73.0 cm³/mol. The fourth-order valence-electron chi connectivity index (χ4n) is 2.25. The van der Waals surface area contributed by atoms with Gasteiger partial charge in [-0.1, -0.05) is 0 Å². The minimum Gasteiger partial charge on any atom is -0.441 e. The van der Waals surface area contributed by atoms with Gasteiger partial charge in [-0.15, -0.1) is 0 Å². The van der Waals surface area contributed by atoms with Crippen LogP contribution < -0.4 is 4.90 Å². The molecule has 3 rings (SSSR count). The van der Waals surface area contributed by atoms with E-state index in [2.05, 4.69) is 4.98 Å². The van der Waals surface area contributed by atoms with Crippen LogP contribution in [0.2, 0.25) is 0 Å². The number of anilines is 1. The largest absolute Gasteiger partial charge is 0.441 e. The van der Waals surface area contributed by atoms with Crippen molar-refractivity contribution >= 4 is 11.8 Å². The normalized spacial score (nSPS) is 18.1. The van der Waals surface area contributed by atoms with Gasteiger partial charge in [0.1, 0.15) is 11.9 Å². The number of hydrogen-bond donors (Lipinski definition) is 1. The second-order valence-electron chi connectivity index (χ2n) is 4.86. The molecule has 0 saturated carbocycles. The second kappa shape index (κ2) is 5.17. The molecule has 0 aliphatic carbocycles. The summed E-state index contributed by atoms with van der Waals surface area (Å²) in [6, 6.07) is 4.48. The molecule has 1 aliphatic rings. The highest BCUT2D eigenvalue weighted by atomic mass is 19.1. The van der Waals surface area contributed by atoms with E-state index in [1.165, 1.54) is 17.3 Å². The Labute approximate surface area is 120 Å². The van der Waals surface area contributed by atoms with Crippen LogP contribution in [0.1, 0.15) is 5.69 Å². The Balaban J connectivity index is 1.90. The Hall–Kier alpha value is -2.41. The quantitative estimate of drug-likeness (QED) is 0.933. The van der Waals surface area contributed by atoms with E-state index in [1.54, 1.807) is 22.9 Å². The number of aryl methyl sites for hydroxylation is 1. The zero-order valence-corrected chi connectivity index (χ0v) is 11.4. The number of aromatic nitrogens is 2. The van der Waals surface area contributed by atoms with Gasteiger partial charge in [-0.3, -0.25) is 4.90 Å². The molecule has 1 aromatic heterocycles. The third-order valence-corrected chi connectivity index (χ3v) is 3.31. The van der Waals surface area contributed by atoms with Crippen molar-refractivity contribution in [1.82, 2.24) is 9.55 Å². The summed E-state index contributed by atoms with van der Waals surface area (Å²) in [4.78, 5) is 17.0. The molecule has 110 valence electrons. The summed E-state index contributed by atoms with van der Waals surface area (Å²) in [5.41, 5.74) is 1.53. The van der Waals surface area contributed by atoms with E-state index in [0.29, 0.717) is 11.4 Å².